The number of nitrogens with zero attached hydrogens (tertiary/aromatic N) is 2. The van der Waals surface area contributed by atoms with Crippen molar-refractivity contribution in [1.29, 1.82) is 0 Å². The number of nitrogens with two attached hydrogens (primary N) is 1. The van der Waals surface area contributed by atoms with Crippen LogP contribution in [-0.4, -0.2) is 34.3 Å². The molecule has 2 atom stereocenters. The summed E-state index contributed by atoms with van der Waals surface area (Å²) >= 11 is 6.30. The molecule has 0 radical (unpaired) electrons. The van der Waals surface area contributed by atoms with Crippen LogP contribution in [0.3, 0.4) is 0 Å². The number of fused-ring (bicyclic) bond motifs is 1. The number of halogens is 1. The van der Waals surface area contributed by atoms with Crippen LogP contribution in [0.2, 0.25) is 5.02 Å². The first-order chi connectivity index (χ1) is 18.3. The SMILES string of the molecule is CNC(=O)[C@@H]1CC[C@H](n2c(-c3cccc(Cl)c3)nc3ccc(C(=O)NCc4cccc(C(N)=O)c4)cc32)C1. The standard InChI is InChI=1S/C29H28ClN5O3/c1-32-28(37)20-8-10-23(14-20)35-25-15-21(29(38)33-16-17-4-2-5-18(12-17)26(31)36)9-11-24(25)34-27(35)19-6-3-7-22(30)13-19/h2-7,9,11-13,15,20,23H,8,10,14,16H2,1H3,(H2,31,36)(H,32,37)(H,33,38)/t20-,23+/m1/s1. The maximum absolute atomic E-state index is 13.1. The van der Waals surface area contributed by atoms with Crippen molar-refractivity contribution in [3.8, 4) is 11.4 Å². The molecule has 8 nitrogen and oxygen atoms in total. The van der Waals surface area contributed by atoms with Crippen LogP contribution in [0.25, 0.3) is 22.4 Å². The molecule has 1 aromatic heterocycles. The lowest BCUT2D eigenvalue weighted by Gasteiger charge is -2.18. The van der Waals surface area contributed by atoms with Crippen molar-refractivity contribution in [2.45, 2.75) is 31.8 Å². The molecule has 1 heterocycles. The highest BCUT2D eigenvalue weighted by molar-refractivity contribution is 6.30. The van der Waals surface area contributed by atoms with Crippen molar-refractivity contribution in [2.24, 2.45) is 11.7 Å². The summed E-state index contributed by atoms with van der Waals surface area (Å²) in [6, 6.07) is 19.9. The van der Waals surface area contributed by atoms with Gasteiger partial charge >= 0.3 is 0 Å². The van der Waals surface area contributed by atoms with E-state index in [1.54, 1.807) is 31.3 Å². The van der Waals surface area contributed by atoms with E-state index in [9.17, 15) is 14.4 Å². The largest absolute Gasteiger partial charge is 0.366 e. The van der Waals surface area contributed by atoms with Gasteiger partial charge in [0.05, 0.1) is 11.0 Å². The van der Waals surface area contributed by atoms with Gasteiger partial charge in [0.1, 0.15) is 5.82 Å². The fourth-order valence-electron chi connectivity index (χ4n) is 5.19. The summed E-state index contributed by atoms with van der Waals surface area (Å²) in [6.45, 7) is 0.251. The number of primary amides is 1. The number of nitrogens with one attached hydrogen (secondary N) is 2. The van der Waals surface area contributed by atoms with E-state index < -0.39 is 5.91 Å². The smallest absolute Gasteiger partial charge is 0.251 e. The van der Waals surface area contributed by atoms with E-state index >= 15 is 0 Å². The van der Waals surface area contributed by atoms with Crippen molar-refractivity contribution in [2.75, 3.05) is 7.05 Å². The first kappa shape index (κ1) is 25.5. The number of amides is 3. The third-order valence-electron chi connectivity index (χ3n) is 7.09. The Morgan fingerprint density at radius 1 is 1.03 bits per heavy atom. The summed E-state index contributed by atoms with van der Waals surface area (Å²) in [6.07, 6.45) is 2.29. The van der Waals surface area contributed by atoms with Crippen molar-refractivity contribution in [3.05, 3.63) is 88.4 Å². The van der Waals surface area contributed by atoms with Crippen LogP contribution in [0.4, 0.5) is 0 Å². The second-order valence-corrected chi connectivity index (χ2v) is 9.98. The fraction of sp³-hybridized carbons (Fsp3) is 0.241. The fourth-order valence-corrected chi connectivity index (χ4v) is 5.38. The molecule has 3 aromatic carbocycles. The van der Waals surface area contributed by atoms with E-state index in [-0.39, 0.29) is 30.3 Å². The van der Waals surface area contributed by atoms with Gasteiger partial charge in [-0.25, -0.2) is 4.98 Å². The maximum atomic E-state index is 13.1. The minimum absolute atomic E-state index is 0.0432. The van der Waals surface area contributed by atoms with Gasteiger partial charge in [0, 0.05) is 47.3 Å². The van der Waals surface area contributed by atoms with Gasteiger partial charge in [-0.3, -0.25) is 14.4 Å². The van der Waals surface area contributed by atoms with Crippen LogP contribution >= 0.6 is 11.6 Å². The topological polar surface area (TPSA) is 119 Å². The zero-order valence-electron chi connectivity index (χ0n) is 20.9. The van der Waals surface area contributed by atoms with Gasteiger partial charge in [-0.05, 0) is 67.3 Å². The molecule has 1 aliphatic carbocycles. The normalized spacial score (nSPS) is 16.9. The Hall–Kier alpha value is -4.17. The molecule has 0 aliphatic heterocycles. The molecule has 3 amide bonds. The van der Waals surface area contributed by atoms with Gasteiger partial charge < -0.3 is 20.9 Å². The number of hydrogen-bond donors (Lipinski definition) is 3. The molecule has 0 bridgehead atoms. The number of carbonyl (C=O) groups is 3. The van der Waals surface area contributed by atoms with Crippen molar-refractivity contribution >= 4 is 40.4 Å². The molecule has 0 spiro atoms. The summed E-state index contributed by atoms with van der Waals surface area (Å²) in [5, 5.41) is 6.29. The molecule has 4 N–H and O–H groups in total. The maximum Gasteiger partial charge on any atom is 0.251 e. The van der Waals surface area contributed by atoms with Gasteiger partial charge in [0.25, 0.3) is 5.91 Å². The molecule has 0 saturated heterocycles. The van der Waals surface area contributed by atoms with Crippen molar-refractivity contribution in [1.82, 2.24) is 20.2 Å². The molecule has 1 aliphatic rings. The van der Waals surface area contributed by atoms with E-state index in [0.29, 0.717) is 22.6 Å². The van der Waals surface area contributed by atoms with Gasteiger partial charge in [-0.2, -0.15) is 0 Å². The minimum Gasteiger partial charge on any atom is -0.366 e. The van der Waals surface area contributed by atoms with E-state index in [0.717, 1.165) is 40.8 Å². The second kappa shape index (κ2) is 10.7. The van der Waals surface area contributed by atoms with Crippen LogP contribution in [0.1, 0.15) is 51.6 Å². The van der Waals surface area contributed by atoms with E-state index in [1.165, 1.54) is 0 Å². The lowest BCUT2D eigenvalue weighted by molar-refractivity contribution is -0.124. The second-order valence-electron chi connectivity index (χ2n) is 9.54. The van der Waals surface area contributed by atoms with E-state index in [1.807, 2.05) is 42.5 Å². The lowest BCUT2D eigenvalue weighted by atomic mass is 10.1. The van der Waals surface area contributed by atoms with Crippen LogP contribution in [0.5, 0.6) is 0 Å². The molecule has 4 aromatic rings. The Labute approximate surface area is 225 Å². The number of benzene rings is 3. The first-order valence-electron chi connectivity index (χ1n) is 12.5. The van der Waals surface area contributed by atoms with Crippen LogP contribution in [0, 0.1) is 5.92 Å². The van der Waals surface area contributed by atoms with Crippen molar-refractivity contribution in [3.63, 3.8) is 0 Å². The van der Waals surface area contributed by atoms with E-state index in [2.05, 4.69) is 15.2 Å². The van der Waals surface area contributed by atoms with E-state index in [4.69, 9.17) is 22.3 Å². The summed E-state index contributed by atoms with van der Waals surface area (Å²) < 4.78 is 2.15. The molecular formula is C29H28ClN5O3. The summed E-state index contributed by atoms with van der Waals surface area (Å²) in [5.74, 6) is -0.0362. The molecule has 5 rings (SSSR count). The highest BCUT2D eigenvalue weighted by atomic mass is 35.5. The highest BCUT2D eigenvalue weighted by Crippen LogP contribution is 2.40. The Balaban J connectivity index is 1.49. The summed E-state index contributed by atoms with van der Waals surface area (Å²) in [5.41, 5.74) is 9.48. The number of carbonyl (C=O) groups excluding carboxylic acids is 3. The monoisotopic (exact) mass is 529 g/mol. The van der Waals surface area contributed by atoms with Crippen LogP contribution in [0.15, 0.2) is 66.7 Å². The Morgan fingerprint density at radius 3 is 2.61 bits per heavy atom. The quantitative estimate of drug-likeness (QED) is 0.327. The third-order valence-corrected chi connectivity index (χ3v) is 7.32. The average molecular weight is 530 g/mol. The zero-order chi connectivity index (χ0) is 26.8. The lowest BCUT2D eigenvalue weighted by Crippen LogP contribution is -2.25. The molecule has 194 valence electrons. The molecule has 9 heteroatoms. The van der Waals surface area contributed by atoms with Crippen LogP contribution in [-0.2, 0) is 11.3 Å². The molecular weight excluding hydrogens is 502 g/mol. The number of imidazole rings is 1. The predicted octanol–water partition coefficient (Wildman–Crippen LogP) is 4.47. The Kier molecular flexibility index (Phi) is 7.15. The molecule has 0 unspecified atom stereocenters. The van der Waals surface area contributed by atoms with Crippen LogP contribution < -0.4 is 16.4 Å². The minimum atomic E-state index is -0.516. The number of rotatable bonds is 7. The molecule has 1 saturated carbocycles. The summed E-state index contributed by atoms with van der Waals surface area (Å²) in [7, 11) is 1.66. The number of aromatic nitrogens is 2. The van der Waals surface area contributed by atoms with Gasteiger partial charge in [-0.1, -0.05) is 35.9 Å². The van der Waals surface area contributed by atoms with Gasteiger partial charge in [-0.15, -0.1) is 0 Å². The average Bonchev–Trinajstić information content (AvgIpc) is 3.56. The first-order valence-corrected chi connectivity index (χ1v) is 12.9. The Bertz CT molecular complexity index is 1550. The highest BCUT2D eigenvalue weighted by Gasteiger charge is 2.33. The molecule has 38 heavy (non-hydrogen) atoms. The summed E-state index contributed by atoms with van der Waals surface area (Å²) in [4.78, 5) is 41.8. The Morgan fingerprint density at radius 2 is 1.84 bits per heavy atom. The predicted molar refractivity (Wildman–Crippen MR) is 147 cm³/mol. The third kappa shape index (κ3) is 5.13. The van der Waals surface area contributed by atoms with Gasteiger partial charge in [0.15, 0.2) is 0 Å². The zero-order valence-corrected chi connectivity index (χ0v) is 21.7. The number of hydrogen-bond acceptors (Lipinski definition) is 4. The van der Waals surface area contributed by atoms with Crippen molar-refractivity contribution < 1.29 is 14.4 Å². The molecule has 1 fully saturated rings. The van der Waals surface area contributed by atoms with Gasteiger partial charge in [0.2, 0.25) is 11.8 Å².